The molecule has 96 valence electrons. The average Bonchev–Trinajstić information content (AvgIpc) is 3.15. The van der Waals surface area contributed by atoms with Crippen molar-refractivity contribution in [1.82, 2.24) is 9.55 Å². The van der Waals surface area contributed by atoms with Crippen LogP contribution >= 0.6 is 0 Å². The fraction of sp³-hybridized carbons (Fsp3) is 0.429. The third kappa shape index (κ3) is 2.10. The van der Waals surface area contributed by atoms with Crippen LogP contribution in [0.4, 0.5) is 5.95 Å². The fourth-order valence-electron chi connectivity index (χ4n) is 2.01. The summed E-state index contributed by atoms with van der Waals surface area (Å²) in [5, 5.41) is 0.659. The largest absolute Gasteiger partial charge is 0.369 e. The van der Waals surface area contributed by atoms with Gasteiger partial charge in [0.25, 0.3) is 5.56 Å². The number of fused-ring (bicyclic) bond motifs is 1. The van der Waals surface area contributed by atoms with Gasteiger partial charge in [-0.3, -0.25) is 9.36 Å². The van der Waals surface area contributed by atoms with E-state index in [1.807, 2.05) is 39.0 Å². The van der Waals surface area contributed by atoms with Gasteiger partial charge in [-0.15, -0.1) is 0 Å². The molecule has 2 N–H and O–H groups in total. The molecule has 1 saturated carbocycles. The van der Waals surface area contributed by atoms with Gasteiger partial charge in [0.05, 0.1) is 10.9 Å². The smallest absolute Gasteiger partial charge is 0.263 e. The maximum Gasteiger partial charge on any atom is 0.263 e. The van der Waals surface area contributed by atoms with Gasteiger partial charge in [-0.2, -0.15) is 0 Å². The highest BCUT2D eigenvalue weighted by Crippen LogP contribution is 2.35. The second-order valence-electron chi connectivity index (χ2n) is 4.40. The summed E-state index contributed by atoms with van der Waals surface area (Å²) < 4.78 is 1.62. The molecule has 0 atom stereocenters. The summed E-state index contributed by atoms with van der Waals surface area (Å²) in [6, 6.07) is 5.92. The van der Waals surface area contributed by atoms with Gasteiger partial charge in [0.15, 0.2) is 0 Å². The highest BCUT2D eigenvalue weighted by molar-refractivity contribution is 5.79. The number of nitrogens with two attached hydrogens (primary N) is 1. The summed E-state index contributed by atoms with van der Waals surface area (Å²) in [5.74, 6) is 0.339. The SMILES string of the molecule is CC.Cc1ccc2c(=O)n(C3CC3)c(N)nc2c1. The Hall–Kier alpha value is -1.84. The van der Waals surface area contributed by atoms with E-state index in [0.717, 1.165) is 18.4 Å². The Bertz CT molecular complexity index is 627. The van der Waals surface area contributed by atoms with Crippen LogP contribution in [0.1, 0.15) is 38.3 Å². The van der Waals surface area contributed by atoms with Gasteiger partial charge >= 0.3 is 0 Å². The van der Waals surface area contributed by atoms with E-state index in [1.165, 1.54) is 0 Å². The minimum absolute atomic E-state index is 0.00926. The Balaban J connectivity index is 0.000000574. The minimum Gasteiger partial charge on any atom is -0.369 e. The van der Waals surface area contributed by atoms with E-state index >= 15 is 0 Å². The molecule has 1 aromatic carbocycles. The highest BCUT2D eigenvalue weighted by atomic mass is 16.1. The van der Waals surface area contributed by atoms with Gasteiger partial charge in [-0.05, 0) is 37.5 Å². The third-order valence-corrected chi connectivity index (χ3v) is 3.00. The maximum atomic E-state index is 12.2. The van der Waals surface area contributed by atoms with E-state index < -0.39 is 0 Å². The minimum atomic E-state index is -0.00926. The Morgan fingerprint density at radius 3 is 2.61 bits per heavy atom. The number of aromatic nitrogens is 2. The molecular weight excluding hydrogens is 226 g/mol. The molecule has 0 radical (unpaired) electrons. The summed E-state index contributed by atoms with van der Waals surface area (Å²) in [6.45, 7) is 5.98. The highest BCUT2D eigenvalue weighted by Gasteiger charge is 2.27. The number of aryl methyl sites for hydroxylation is 1. The van der Waals surface area contributed by atoms with Crippen LogP contribution in [0.3, 0.4) is 0 Å². The molecule has 4 heteroatoms. The van der Waals surface area contributed by atoms with Crippen molar-refractivity contribution >= 4 is 16.9 Å². The Morgan fingerprint density at radius 1 is 1.33 bits per heavy atom. The predicted molar refractivity (Wildman–Crippen MR) is 74.8 cm³/mol. The van der Waals surface area contributed by atoms with Crippen molar-refractivity contribution in [2.45, 2.75) is 39.7 Å². The van der Waals surface area contributed by atoms with Crippen molar-refractivity contribution in [1.29, 1.82) is 0 Å². The van der Waals surface area contributed by atoms with E-state index in [1.54, 1.807) is 4.57 Å². The molecule has 1 heterocycles. The molecule has 0 amide bonds. The van der Waals surface area contributed by atoms with Crippen LogP contribution in [-0.4, -0.2) is 9.55 Å². The Labute approximate surface area is 106 Å². The first kappa shape index (κ1) is 12.6. The van der Waals surface area contributed by atoms with Crippen LogP contribution in [0.5, 0.6) is 0 Å². The number of nitrogens with zero attached hydrogens (tertiary/aromatic N) is 2. The zero-order chi connectivity index (χ0) is 13.3. The van der Waals surface area contributed by atoms with Gasteiger partial charge in [0.1, 0.15) is 0 Å². The zero-order valence-electron chi connectivity index (χ0n) is 11.1. The average molecular weight is 245 g/mol. The van der Waals surface area contributed by atoms with Crippen LogP contribution in [-0.2, 0) is 0 Å². The number of hydrogen-bond donors (Lipinski definition) is 1. The van der Waals surface area contributed by atoms with Crippen LogP contribution in [0.2, 0.25) is 0 Å². The standard InChI is InChI=1S/C12H13N3O.C2H6/c1-7-2-5-9-10(6-7)14-12(13)15(11(9)16)8-3-4-8;1-2/h2,5-6,8H,3-4H2,1H3,(H2,13,14);1-2H3. The van der Waals surface area contributed by atoms with Crippen molar-refractivity contribution in [3.05, 3.63) is 34.1 Å². The van der Waals surface area contributed by atoms with Crippen molar-refractivity contribution in [2.24, 2.45) is 0 Å². The molecule has 0 unspecified atom stereocenters. The third-order valence-electron chi connectivity index (χ3n) is 3.00. The molecule has 1 fully saturated rings. The van der Waals surface area contributed by atoms with E-state index in [-0.39, 0.29) is 11.6 Å². The number of nitrogen functional groups attached to an aromatic ring is 1. The lowest BCUT2D eigenvalue weighted by Crippen LogP contribution is -2.23. The topological polar surface area (TPSA) is 60.9 Å². The molecule has 0 spiro atoms. The van der Waals surface area contributed by atoms with Crippen molar-refractivity contribution in [3.63, 3.8) is 0 Å². The van der Waals surface area contributed by atoms with Crippen LogP contribution < -0.4 is 11.3 Å². The molecule has 4 nitrogen and oxygen atoms in total. The molecular formula is C14H19N3O. The second kappa shape index (κ2) is 4.80. The molecule has 1 aliphatic carbocycles. The fourth-order valence-corrected chi connectivity index (χ4v) is 2.01. The van der Waals surface area contributed by atoms with Gasteiger partial charge in [-0.25, -0.2) is 4.98 Å². The summed E-state index contributed by atoms with van der Waals surface area (Å²) in [6.07, 6.45) is 2.06. The van der Waals surface area contributed by atoms with Crippen molar-refractivity contribution in [3.8, 4) is 0 Å². The molecule has 1 aromatic heterocycles. The zero-order valence-corrected chi connectivity index (χ0v) is 11.1. The number of hydrogen-bond acceptors (Lipinski definition) is 3. The first-order valence-corrected chi connectivity index (χ1v) is 6.45. The monoisotopic (exact) mass is 245 g/mol. The number of rotatable bonds is 1. The number of anilines is 1. The van der Waals surface area contributed by atoms with Gasteiger partial charge < -0.3 is 5.73 Å². The lowest BCUT2D eigenvalue weighted by atomic mass is 10.2. The van der Waals surface area contributed by atoms with Crippen LogP contribution in [0.15, 0.2) is 23.0 Å². The quantitative estimate of drug-likeness (QED) is 0.840. The van der Waals surface area contributed by atoms with Gasteiger partial charge in [-0.1, -0.05) is 19.9 Å². The van der Waals surface area contributed by atoms with Gasteiger partial charge in [0, 0.05) is 6.04 Å². The van der Waals surface area contributed by atoms with E-state index in [4.69, 9.17) is 5.73 Å². The van der Waals surface area contributed by atoms with Crippen molar-refractivity contribution < 1.29 is 0 Å². The maximum absolute atomic E-state index is 12.2. The van der Waals surface area contributed by atoms with Crippen LogP contribution in [0, 0.1) is 6.92 Å². The molecule has 0 aliphatic heterocycles. The van der Waals surface area contributed by atoms with Crippen LogP contribution in [0.25, 0.3) is 10.9 Å². The lowest BCUT2D eigenvalue weighted by Gasteiger charge is -2.08. The summed E-state index contributed by atoms with van der Waals surface area (Å²) in [4.78, 5) is 16.5. The van der Waals surface area contributed by atoms with E-state index in [0.29, 0.717) is 16.9 Å². The van der Waals surface area contributed by atoms with E-state index in [2.05, 4.69) is 4.98 Å². The first-order valence-electron chi connectivity index (χ1n) is 6.45. The Kier molecular flexibility index (Phi) is 3.36. The second-order valence-corrected chi connectivity index (χ2v) is 4.40. The Morgan fingerprint density at radius 2 is 2.00 bits per heavy atom. The molecule has 18 heavy (non-hydrogen) atoms. The normalized spacial score (nSPS) is 14.2. The van der Waals surface area contributed by atoms with Gasteiger partial charge in [0.2, 0.25) is 5.95 Å². The summed E-state index contributed by atoms with van der Waals surface area (Å²) in [5.41, 5.74) is 7.60. The molecule has 0 bridgehead atoms. The lowest BCUT2D eigenvalue weighted by molar-refractivity contribution is 0.712. The van der Waals surface area contributed by atoms with E-state index in [9.17, 15) is 4.79 Å². The summed E-state index contributed by atoms with van der Waals surface area (Å²) in [7, 11) is 0. The molecule has 1 aliphatic rings. The molecule has 0 saturated heterocycles. The summed E-state index contributed by atoms with van der Waals surface area (Å²) >= 11 is 0. The molecule has 3 rings (SSSR count). The first-order chi connectivity index (χ1) is 8.66. The molecule has 2 aromatic rings. The number of benzene rings is 1. The predicted octanol–water partition coefficient (Wildman–Crippen LogP) is 2.65. The van der Waals surface area contributed by atoms with Crippen molar-refractivity contribution in [2.75, 3.05) is 5.73 Å².